The summed E-state index contributed by atoms with van der Waals surface area (Å²) in [5.74, 6) is 0.0211. The maximum atomic E-state index is 11.6. The summed E-state index contributed by atoms with van der Waals surface area (Å²) in [6.07, 6.45) is 0. The lowest BCUT2D eigenvalue weighted by atomic mass is 9.89. The second-order valence-electron chi connectivity index (χ2n) is 5.98. The monoisotopic (exact) mass is 263 g/mol. The lowest BCUT2D eigenvalue weighted by Crippen LogP contribution is -2.48. The molecule has 1 atom stereocenters. The van der Waals surface area contributed by atoms with Crippen molar-refractivity contribution in [3.8, 4) is 0 Å². The van der Waals surface area contributed by atoms with Crippen LogP contribution in [-0.2, 0) is 10.3 Å². The Bertz CT molecular complexity index is 423. The molecule has 1 unspecified atom stereocenters. The van der Waals surface area contributed by atoms with Crippen LogP contribution in [0.2, 0.25) is 0 Å². The molecule has 0 aromatic heterocycles. The summed E-state index contributed by atoms with van der Waals surface area (Å²) in [6.45, 7) is 10.8. The fraction of sp³-hybridized carbons (Fsp3) is 0.562. The zero-order chi connectivity index (χ0) is 14.6. The van der Waals surface area contributed by atoms with E-state index in [-0.39, 0.29) is 0 Å². The molecule has 3 heteroatoms. The fourth-order valence-electron chi connectivity index (χ4n) is 1.91. The van der Waals surface area contributed by atoms with Gasteiger partial charge in [-0.15, -0.1) is 0 Å². The standard InChI is InChI=1S/C16H25NO2/c1-11(2)10-17-16(5,15(18)19)14-8-6-13(7-9-14)12(3)4/h6-9,11-12,17H,10H2,1-5H3,(H,18,19). The van der Waals surface area contributed by atoms with Gasteiger partial charge in [-0.3, -0.25) is 5.32 Å². The number of hydrogen-bond donors (Lipinski definition) is 2. The van der Waals surface area contributed by atoms with Crippen LogP contribution in [0, 0.1) is 5.92 Å². The molecule has 0 saturated carbocycles. The molecule has 3 nitrogen and oxygen atoms in total. The van der Waals surface area contributed by atoms with Gasteiger partial charge in [0.2, 0.25) is 0 Å². The number of aliphatic carboxylic acids is 1. The molecule has 1 aromatic rings. The summed E-state index contributed by atoms with van der Waals surface area (Å²) < 4.78 is 0. The van der Waals surface area contributed by atoms with Crippen LogP contribution in [-0.4, -0.2) is 17.6 Å². The van der Waals surface area contributed by atoms with Crippen molar-refractivity contribution in [2.75, 3.05) is 6.54 Å². The third kappa shape index (κ3) is 3.80. The third-order valence-electron chi connectivity index (χ3n) is 3.45. The minimum absolute atomic E-state index is 0.411. The number of carbonyl (C=O) groups is 1. The molecule has 0 amide bonds. The summed E-state index contributed by atoms with van der Waals surface area (Å²) in [7, 11) is 0. The number of hydrogen-bond acceptors (Lipinski definition) is 2. The number of nitrogens with one attached hydrogen (secondary N) is 1. The summed E-state index contributed by atoms with van der Waals surface area (Å²) in [5.41, 5.74) is 0.991. The van der Waals surface area contributed by atoms with E-state index in [1.807, 2.05) is 24.3 Å². The minimum atomic E-state index is -1.03. The minimum Gasteiger partial charge on any atom is -0.480 e. The van der Waals surface area contributed by atoms with Crippen LogP contribution < -0.4 is 5.32 Å². The summed E-state index contributed by atoms with van der Waals surface area (Å²) in [4.78, 5) is 11.6. The van der Waals surface area contributed by atoms with E-state index in [1.165, 1.54) is 5.56 Å². The first-order chi connectivity index (χ1) is 8.77. The lowest BCUT2D eigenvalue weighted by molar-refractivity contribution is -0.144. The quantitative estimate of drug-likeness (QED) is 0.827. The van der Waals surface area contributed by atoms with Crippen molar-refractivity contribution in [3.05, 3.63) is 35.4 Å². The molecule has 0 bridgehead atoms. The molecule has 0 aliphatic rings. The van der Waals surface area contributed by atoms with Crippen molar-refractivity contribution in [2.45, 2.75) is 46.1 Å². The summed E-state index contributed by atoms with van der Waals surface area (Å²) in [6, 6.07) is 7.85. The molecule has 106 valence electrons. The van der Waals surface area contributed by atoms with E-state index in [0.29, 0.717) is 18.4 Å². The Labute approximate surface area is 116 Å². The van der Waals surface area contributed by atoms with Gasteiger partial charge < -0.3 is 5.11 Å². The maximum Gasteiger partial charge on any atom is 0.328 e. The molecule has 19 heavy (non-hydrogen) atoms. The van der Waals surface area contributed by atoms with E-state index in [2.05, 4.69) is 33.0 Å². The van der Waals surface area contributed by atoms with Crippen molar-refractivity contribution >= 4 is 5.97 Å². The first kappa shape index (κ1) is 15.7. The van der Waals surface area contributed by atoms with E-state index in [4.69, 9.17) is 0 Å². The van der Waals surface area contributed by atoms with Gasteiger partial charge in [0.25, 0.3) is 0 Å². The van der Waals surface area contributed by atoms with Crippen molar-refractivity contribution in [1.29, 1.82) is 0 Å². The predicted octanol–water partition coefficient (Wildman–Crippen LogP) is 3.36. The van der Waals surface area contributed by atoms with Gasteiger partial charge in [0.1, 0.15) is 5.54 Å². The average molecular weight is 263 g/mol. The molecule has 0 fully saturated rings. The van der Waals surface area contributed by atoms with Gasteiger partial charge in [0.05, 0.1) is 0 Å². The Hall–Kier alpha value is -1.35. The molecule has 1 aromatic carbocycles. The highest BCUT2D eigenvalue weighted by Crippen LogP contribution is 2.24. The van der Waals surface area contributed by atoms with E-state index in [0.717, 1.165) is 5.56 Å². The molecule has 0 aliphatic heterocycles. The van der Waals surface area contributed by atoms with Crippen LogP contribution in [0.5, 0.6) is 0 Å². The number of carboxylic acids is 1. The summed E-state index contributed by atoms with van der Waals surface area (Å²) in [5, 5.41) is 12.7. The van der Waals surface area contributed by atoms with Crippen LogP contribution in [0.25, 0.3) is 0 Å². The van der Waals surface area contributed by atoms with E-state index >= 15 is 0 Å². The summed E-state index contributed by atoms with van der Waals surface area (Å²) >= 11 is 0. The van der Waals surface area contributed by atoms with Gasteiger partial charge in [-0.2, -0.15) is 0 Å². The molecular formula is C16H25NO2. The van der Waals surface area contributed by atoms with E-state index < -0.39 is 11.5 Å². The molecule has 0 radical (unpaired) electrons. The van der Waals surface area contributed by atoms with Crippen LogP contribution in [0.1, 0.15) is 51.7 Å². The highest BCUT2D eigenvalue weighted by Gasteiger charge is 2.34. The van der Waals surface area contributed by atoms with Gasteiger partial charge in [0.15, 0.2) is 0 Å². The Balaban J connectivity index is 3.01. The Morgan fingerprint density at radius 3 is 2.11 bits per heavy atom. The van der Waals surface area contributed by atoms with Gasteiger partial charge in [-0.25, -0.2) is 4.79 Å². The highest BCUT2D eigenvalue weighted by molar-refractivity contribution is 5.80. The lowest BCUT2D eigenvalue weighted by Gasteiger charge is -2.28. The predicted molar refractivity (Wildman–Crippen MR) is 78.4 cm³/mol. The number of carboxylic acid groups (broad SMARTS) is 1. The zero-order valence-electron chi connectivity index (χ0n) is 12.5. The largest absolute Gasteiger partial charge is 0.480 e. The molecule has 0 spiro atoms. The SMILES string of the molecule is CC(C)CNC(C)(C(=O)O)c1ccc(C(C)C)cc1. The molecular weight excluding hydrogens is 238 g/mol. The van der Waals surface area contributed by atoms with Crippen LogP contribution in [0.15, 0.2) is 24.3 Å². The molecule has 2 N–H and O–H groups in total. The fourth-order valence-corrected chi connectivity index (χ4v) is 1.91. The van der Waals surface area contributed by atoms with E-state index in [1.54, 1.807) is 6.92 Å². The Morgan fingerprint density at radius 1 is 1.21 bits per heavy atom. The first-order valence-electron chi connectivity index (χ1n) is 6.86. The van der Waals surface area contributed by atoms with Gasteiger partial charge in [-0.05, 0) is 36.4 Å². The smallest absolute Gasteiger partial charge is 0.328 e. The Kier molecular flexibility index (Phi) is 5.12. The van der Waals surface area contributed by atoms with Crippen LogP contribution in [0.3, 0.4) is 0 Å². The molecule has 0 aliphatic carbocycles. The normalized spacial score (nSPS) is 14.7. The molecule has 0 saturated heterocycles. The third-order valence-corrected chi connectivity index (χ3v) is 3.45. The first-order valence-corrected chi connectivity index (χ1v) is 6.86. The van der Waals surface area contributed by atoms with Crippen molar-refractivity contribution in [2.24, 2.45) is 5.92 Å². The van der Waals surface area contributed by atoms with Crippen molar-refractivity contribution in [3.63, 3.8) is 0 Å². The Morgan fingerprint density at radius 2 is 1.74 bits per heavy atom. The number of benzene rings is 1. The number of rotatable bonds is 6. The second kappa shape index (κ2) is 6.20. The molecule has 1 rings (SSSR count). The van der Waals surface area contributed by atoms with Gasteiger partial charge in [0, 0.05) is 0 Å². The average Bonchev–Trinajstić information content (AvgIpc) is 2.35. The van der Waals surface area contributed by atoms with Gasteiger partial charge in [-0.1, -0.05) is 52.0 Å². The van der Waals surface area contributed by atoms with Gasteiger partial charge >= 0.3 is 5.97 Å². The van der Waals surface area contributed by atoms with Crippen LogP contribution >= 0.6 is 0 Å². The molecule has 0 heterocycles. The second-order valence-corrected chi connectivity index (χ2v) is 5.98. The van der Waals surface area contributed by atoms with Crippen molar-refractivity contribution in [1.82, 2.24) is 5.32 Å². The highest BCUT2D eigenvalue weighted by atomic mass is 16.4. The van der Waals surface area contributed by atoms with Crippen molar-refractivity contribution < 1.29 is 9.90 Å². The van der Waals surface area contributed by atoms with E-state index in [9.17, 15) is 9.90 Å². The van der Waals surface area contributed by atoms with Crippen LogP contribution in [0.4, 0.5) is 0 Å². The zero-order valence-corrected chi connectivity index (χ0v) is 12.5. The maximum absolute atomic E-state index is 11.6. The topological polar surface area (TPSA) is 49.3 Å².